The van der Waals surface area contributed by atoms with E-state index in [9.17, 15) is 27.2 Å². The van der Waals surface area contributed by atoms with Crippen LogP contribution in [0.2, 0.25) is 0 Å². The van der Waals surface area contributed by atoms with Crippen LogP contribution in [0.5, 0.6) is 0 Å². The number of nitrogens with one attached hydrogen (secondary N) is 1. The second kappa shape index (κ2) is 11.8. The lowest BCUT2D eigenvalue weighted by Crippen LogP contribution is -2.50. The summed E-state index contributed by atoms with van der Waals surface area (Å²) < 4.78 is 54.6. The predicted molar refractivity (Wildman–Crippen MR) is 135 cm³/mol. The van der Waals surface area contributed by atoms with Gasteiger partial charge in [0.15, 0.2) is 0 Å². The van der Waals surface area contributed by atoms with Crippen molar-refractivity contribution in [1.29, 1.82) is 0 Å². The SMILES string of the molecule is CCC(C(=O)NCc1ccccc1)N(C(=O)Cn1nnc(-c2ccccc2F)n1)c1cccc(C(F)(F)F)c1. The average Bonchev–Trinajstić information content (AvgIpc) is 3.38. The fourth-order valence-electron chi connectivity index (χ4n) is 3.98. The molecule has 0 aliphatic carbocycles. The first kappa shape index (κ1) is 27.4. The zero-order chi connectivity index (χ0) is 28.0. The summed E-state index contributed by atoms with van der Waals surface area (Å²) in [6.45, 7) is 1.25. The molecular weight excluding hydrogens is 516 g/mol. The zero-order valence-corrected chi connectivity index (χ0v) is 20.8. The highest BCUT2D eigenvalue weighted by atomic mass is 19.4. The molecule has 0 saturated carbocycles. The Morgan fingerprint density at radius 1 is 1.00 bits per heavy atom. The van der Waals surface area contributed by atoms with Crippen LogP contribution in [0, 0.1) is 5.82 Å². The Labute approximate surface area is 221 Å². The van der Waals surface area contributed by atoms with Crippen LogP contribution in [0.3, 0.4) is 0 Å². The van der Waals surface area contributed by atoms with Crippen molar-refractivity contribution in [3.8, 4) is 11.4 Å². The van der Waals surface area contributed by atoms with Gasteiger partial charge in [-0.15, -0.1) is 10.2 Å². The first-order valence-corrected chi connectivity index (χ1v) is 12.0. The minimum absolute atomic E-state index is 0.0673. The molecule has 1 aromatic heterocycles. The normalized spacial score (nSPS) is 12.1. The molecule has 0 aliphatic rings. The van der Waals surface area contributed by atoms with E-state index in [-0.39, 0.29) is 30.0 Å². The van der Waals surface area contributed by atoms with Crippen molar-refractivity contribution in [2.24, 2.45) is 0 Å². The van der Waals surface area contributed by atoms with Gasteiger partial charge in [0, 0.05) is 12.2 Å². The van der Waals surface area contributed by atoms with Gasteiger partial charge in [0.25, 0.3) is 5.91 Å². The van der Waals surface area contributed by atoms with Crippen molar-refractivity contribution >= 4 is 17.5 Å². The Morgan fingerprint density at radius 3 is 2.41 bits per heavy atom. The second-order valence-corrected chi connectivity index (χ2v) is 8.56. The number of anilines is 1. The Balaban J connectivity index is 1.63. The summed E-state index contributed by atoms with van der Waals surface area (Å²) in [6.07, 6.45) is -4.56. The van der Waals surface area contributed by atoms with Gasteiger partial charge < -0.3 is 5.32 Å². The summed E-state index contributed by atoms with van der Waals surface area (Å²) in [6, 6.07) is 17.8. The summed E-state index contributed by atoms with van der Waals surface area (Å²) in [7, 11) is 0. The molecule has 4 rings (SSSR count). The van der Waals surface area contributed by atoms with Crippen LogP contribution in [-0.4, -0.2) is 38.1 Å². The van der Waals surface area contributed by atoms with E-state index in [0.29, 0.717) is 0 Å². The number of tetrazole rings is 1. The molecule has 0 aliphatic heterocycles. The van der Waals surface area contributed by atoms with Crippen LogP contribution in [0.1, 0.15) is 24.5 Å². The summed E-state index contributed by atoms with van der Waals surface area (Å²) in [5.74, 6) is -1.96. The van der Waals surface area contributed by atoms with Crippen LogP contribution in [0.25, 0.3) is 11.4 Å². The lowest BCUT2D eigenvalue weighted by molar-refractivity contribution is -0.137. The summed E-state index contributed by atoms with van der Waals surface area (Å²) in [4.78, 5) is 28.6. The fourth-order valence-corrected chi connectivity index (χ4v) is 3.98. The molecule has 0 bridgehead atoms. The van der Waals surface area contributed by atoms with E-state index in [2.05, 4.69) is 20.7 Å². The maximum Gasteiger partial charge on any atom is 0.416 e. The van der Waals surface area contributed by atoms with Crippen molar-refractivity contribution in [3.05, 3.63) is 95.8 Å². The molecule has 3 aromatic carbocycles. The first-order chi connectivity index (χ1) is 18.7. The molecule has 0 spiro atoms. The summed E-state index contributed by atoms with van der Waals surface area (Å²) >= 11 is 0. The number of carbonyl (C=O) groups excluding carboxylic acids is 2. The van der Waals surface area contributed by atoms with Crippen molar-refractivity contribution in [3.63, 3.8) is 0 Å². The predicted octanol–water partition coefficient (Wildman–Crippen LogP) is 4.63. The fraction of sp³-hybridized carbons (Fsp3) is 0.222. The smallest absolute Gasteiger partial charge is 0.350 e. The van der Waals surface area contributed by atoms with Crippen molar-refractivity contribution in [2.45, 2.75) is 38.7 Å². The molecule has 0 radical (unpaired) electrons. The lowest BCUT2D eigenvalue weighted by Gasteiger charge is -2.30. The van der Waals surface area contributed by atoms with Gasteiger partial charge in [0.05, 0.1) is 11.1 Å². The monoisotopic (exact) mass is 540 g/mol. The third kappa shape index (κ3) is 6.64. The minimum atomic E-state index is -4.66. The summed E-state index contributed by atoms with van der Waals surface area (Å²) in [5.41, 5.74) is -0.216. The van der Waals surface area contributed by atoms with Gasteiger partial charge in [-0.1, -0.05) is 55.5 Å². The van der Waals surface area contributed by atoms with Gasteiger partial charge in [-0.25, -0.2) is 4.39 Å². The van der Waals surface area contributed by atoms with Crippen LogP contribution in [0.15, 0.2) is 78.9 Å². The number of hydrogen-bond acceptors (Lipinski definition) is 5. The molecule has 1 heterocycles. The molecule has 12 heteroatoms. The van der Waals surface area contributed by atoms with Gasteiger partial charge in [0.1, 0.15) is 18.4 Å². The Hall–Kier alpha value is -4.61. The first-order valence-electron chi connectivity index (χ1n) is 12.0. The molecule has 1 N–H and O–H groups in total. The number of hydrogen-bond donors (Lipinski definition) is 1. The highest BCUT2D eigenvalue weighted by Crippen LogP contribution is 2.32. The third-order valence-electron chi connectivity index (χ3n) is 5.88. The molecular formula is C27H24F4N6O2. The molecule has 2 amide bonds. The number of carbonyl (C=O) groups is 2. The van der Waals surface area contributed by atoms with E-state index < -0.39 is 42.0 Å². The maximum atomic E-state index is 14.1. The minimum Gasteiger partial charge on any atom is -0.350 e. The largest absolute Gasteiger partial charge is 0.416 e. The molecule has 1 atom stereocenters. The van der Waals surface area contributed by atoms with Crippen molar-refractivity contribution in [2.75, 3.05) is 4.90 Å². The second-order valence-electron chi connectivity index (χ2n) is 8.56. The molecule has 39 heavy (non-hydrogen) atoms. The van der Waals surface area contributed by atoms with Crippen LogP contribution in [-0.2, 0) is 28.9 Å². The van der Waals surface area contributed by atoms with Crippen molar-refractivity contribution < 1.29 is 27.2 Å². The quantitative estimate of drug-likeness (QED) is 0.313. The maximum absolute atomic E-state index is 14.1. The van der Waals surface area contributed by atoms with Gasteiger partial charge in [-0.3, -0.25) is 14.5 Å². The third-order valence-corrected chi connectivity index (χ3v) is 5.88. The average molecular weight is 541 g/mol. The highest BCUT2D eigenvalue weighted by Gasteiger charge is 2.34. The number of nitrogens with zero attached hydrogens (tertiary/aromatic N) is 5. The topological polar surface area (TPSA) is 93.0 Å². The Bertz CT molecular complexity index is 1440. The number of amides is 2. The molecule has 1 unspecified atom stereocenters. The van der Waals surface area contributed by atoms with E-state index in [1.54, 1.807) is 37.3 Å². The molecule has 0 saturated heterocycles. The number of benzene rings is 3. The molecule has 4 aromatic rings. The zero-order valence-electron chi connectivity index (χ0n) is 20.8. The van der Waals surface area contributed by atoms with Gasteiger partial charge in [0.2, 0.25) is 11.7 Å². The van der Waals surface area contributed by atoms with Crippen molar-refractivity contribution in [1.82, 2.24) is 25.5 Å². The number of alkyl halides is 3. The van der Waals surface area contributed by atoms with E-state index in [1.165, 1.54) is 24.3 Å². The lowest BCUT2D eigenvalue weighted by atomic mass is 10.1. The summed E-state index contributed by atoms with van der Waals surface area (Å²) in [5, 5.41) is 14.4. The molecule has 202 valence electrons. The van der Waals surface area contributed by atoms with E-state index in [0.717, 1.165) is 33.5 Å². The number of rotatable bonds is 9. The van der Waals surface area contributed by atoms with Gasteiger partial charge in [-0.05, 0) is 47.5 Å². The Morgan fingerprint density at radius 2 is 1.72 bits per heavy atom. The van der Waals surface area contributed by atoms with Gasteiger partial charge >= 0.3 is 6.18 Å². The van der Waals surface area contributed by atoms with E-state index in [1.807, 2.05) is 6.07 Å². The van der Waals surface area contributed by atoms with Crippen LogP contribution in [0.4, 0.5) is 23.2 Å². The van der Waals surface area contributed by atoms with Gasteiger partial charge in [-0.2, -0.15) is 18.0 Å². The van der Waals surface area contributed by atoms with E-state index >= 15 is 0 Å². The van der Waals surface area contributed by atoms with Crippen LogP contribution >= 0.6 is 0 Å². The van der Waals surface area contributed by atoms with Crippen LogP contribution < -0.4 is 10.2 Å². The Kier molecular flexibility index (Phi) is 8.33. The molecule has 8 nitrogen and oxygen atoms in total. The molecule has 0 fully saturated rings. The number of halogens is 4. The van der Waals surface area contributed by atoms with E-state index in [4.69, 9.17) is 0 Å². The highest BCUT2D eigenvalue weighted by molar-refractivity contribution is 6.00. The standard InChI is InChI=1S/C27H24F4N6O2/c1-2-23(26(39)32-16-18-9-4-3-5-10-18)37(20-12-8-11-19(15-20)27(29,30)31)24(38)17-36-34-25(33-35-36)21-13-6-7-14-22(21)28/h3-15,23H,2,16-17H2,1H3,(H,32,39). The number of aromatic nitrogens is 4.